The van der Waals surface area contributed by atoms with E-state index in [0.717, 1.165) is 36.3 Å². The van der Waals surface area contributed by atoms with Crippen LogP contribution in [0.5, 0.6) is 5.75 Å². The van der Waals surface area contributed by atoms with E-state index < -0.39 is 12.0 Å². The van der Waals surface area contributed by atoms with Crippen molar-refractivity contribution in [3.63, 3.8) is 0 Å². The van der Waals surface area contributed by atoms with Crippen LogP contribution in [0.1, 0.15) is 24.0 Å². The molecule has 2 aromatic rings. The maximum Gasteiger partial charge on any atom is 0.328 e. The molecule has 0 spiro atoms. The number of rotatable bonds is 10. The fraction of sp³-hybridized carbons (Fsp3) is 0.464. The van der Waals surface area contributed by atoms with Crippen molar-refractivity contribution in [3.05, 3.63) is 65.7 Å². The summed E-state index contributed by atoms with van der Waals surface area (Å²) in [7, 11) is 1.32. The molecule has 0 aromatic heterocycles. The van der Waals surface area contributed by atoms with E-state index in [4.69, 9.17) is 9.47 Å². The van der Waals surface area contributed by atoms with Gasteiger partial charge in [-0.15, -0.1) is 0 Å². The number of methoxy groups -OCH3 is 1. The zero-order valence-electron chi connectivity index (χ0n) is 21.4. The maximum atomic E-state index is 12.8. The van der Waals surface area contributed by atoms with Crippen molar-refractivity contribution in [1.82, 2.24) is 20.4 Å². The van der Waals surface area contributed by atoms with Gasteiger partial charge in [0.25, 0.3) is 0 Å². The lowest BCUT2D eigenvalue weighted by molar-refractivity contribution is -0.145. The van der Waals surface area contributed by atoms with Crippen LogP contribution >= 0.6 is 0 Å². The van der Waals surface area contributed by atoms with Crippen molar-refractivity contribution >= 4 is 17.8 Å². The van der Waals surface area contributed by atoms with Crippen molar-refractivity contribution in [3.8, 4) is 5.75 Å². The van der Waals surface area contributed by atoms with Gasteiger partial charge in [-0.2, -0.15) is 0 Å². The second kappa shape index (κ2) is 13.2. The van der Waals surface area contributed by atoms with Gasteiger partial charge in [-0.1, -0.05) is 42.5 Å². The summed E-state index contributed by atoms with van der Waals surface area (Å²) in [5.41, 5.74) is 1.97. The molecule has 0 radical (unpaired) electrons. The SMILES string of the molecule is COC(=O)[C@H](Cc1ccc(OCc2ccccc2)cc1)NC(=O)CN1CCN(C(=O)[C@@H]2CCCN2)CC1. The van der Waals surface area contributed by atoms with E-state index >= 15 is 0 Å². The van der Waals surface area contributed by atoms with Crippen molar-refractivity contribution in [2.45, 2.75) is 38.0 Å². The average Bonchev–Trinajstić information content (AvgIpc) is 3.48. The quantitative estimate of drug-likeness (QED) is 0.468. The zero-order chi connectivity index (χ0) is 26.0. The Morgan fingerprint density at radius 2 is 1.73 bits per heavy atom. The summed E-state index contributed by atoms with van der Waals surface area (Å²) in [5.74, 6) is 0.157. The molecule has 37 heavy (non-hydrogen) atoms. The van der Waals surface area contributed by atoms with Crippen LogP contribution in [-0.4, -0.2) is 86.0 Å². The largest absolute Gasteiger partial charge is 0.489 e. The summed E-state index contributed by atoms with van der Waals surface area (Å²) in [6.07, 6.45) is 2.23. The second-order valence-electron chi connectivity index (χ2n) is 9.52. The number of hydrogen-bond acceptors (Lipinski definition) is 7. The molecule has 2 aliphatic heterocycles. The molecular weight excluding hydrogens is 472 g/mol. The highest BCUT2D eigenvalue weighted by Crippen LogP contribution is 2.16. The Labute approximate surface area is 218 Å². The lowest BCUT2D eigenvalue weighted by Gasteiger charge is -2.35. The van der Waals surface area contributed by atoms with Gasteiger partial charge in [0.15, 0.2) is 0 Å². The number of hydrogen-bond donors (Lipinski definition) is 2. The number of ether oxygens (including phenoxy) is 2. The smallest absolute Gasteiger partial charge is 0.328 e. The monoisotopic (exact) mass is 508 g/mol. The molecule has 2 saturated heterocycles. The Hall–Kier alpha value is -3.43. The van der Waals surface area contributed by atoms with Crippen LogP contribution < -0.4 is 15.4 Å². The van der Waals surface area contributed by atoms with E-state index in [1.54, 1.807) is 0 Å². The van der Waals surface area contributed by atoms with Gasteiger partial charge in [0, 0.05) is 32.6 Å². The molecule has 2 aliphatic rings. The lowest BCUT2D eigenvalue weighted by atomic mass is 10.1. The highest BCUT2D eigenvalue weighted by Gasteiger charge is 2.30. The third-order valence-corrected chi connectivity index (χ3v) is 6.84. The molecule has 2 atom stereocenters. The number of nitrogens with one attached hydrogen (secondary N) is 2. The van der Waals surface area contributed by atoms with Crippen LogP contribution in [0.25, 0.3) is 0 Å². The number of carbonyl (C=O) groups excluding carboxylic acids is 3. The number of nitrogens with zero attached hydrogens (tertiary/aromatic N) is 2. The van der Waals surface area contributed by atoms with Gasteiger partial charge < -0.3 is 25.0 Å². The lowest BCUT2D eigenvalue weighted by Crippen LogP contribution is -2.55. The summed E-state index contributed by atoms with van der Waals surface area (Å²) >= 11 is 0. The van der Waals surface area contributed by atoms with Crippen molar-refractivity contribution < 1.29 is 23.9 Å². The normalized spacial score (nSPS) is 18.7. The molecule has 9 heteroatoms. The fourth-order valence-electron chi connectivity index (χ4n) is 4.72. The van der Waals surface area contributed by atoms with Crippen LogP contribution in [0.3, 0.4) is 0 Å². The molecule has 4 rings (SSSR count). The van der Waals surface area contributed by atoms with Crippen molar-refractivity contribution in [2.75, 3.05) is 46.4 Å². The minimum atomic E-state index is -0.787. The van der Waals surface area contributed by atoms with Crippen LogP contribution in [0, 0.1) is 0 Å². The minimum Gasteiger partial charge on any atom is -0.489 e. The van der Waals surface area contributed by atoms with Crippen LogP contribution in [-0.2, 0) is 32.1 Å². The van der Waals surface area contributed by atoms with E-state index in [9.17, 15) is 14.4 Å². The first-order valence-corrected chi connectivity index (χ1v) is 12.9. The molecular formula is C28H36N4O5. The van der Waals surface area contributed by atoms with Gasteiger partial charge in [0.2, 0.25) is 11.8 Å². The molecule has 2 N–H and O–H groups in total. The van der Waals surface area contributed by atoms with E-state index in [-0.39, 0.29) is 24.4 Å². The van der Waals surface area contributed by atoms with Crippen LogP contribution in [0.15, 0.2) is 54.6 Å². The summed E-state index contributed by atoms with van der Waals surface area (Å²) in [6, 6.07) is 16.5. The van der Waals surface area contributed by atoms with Crippen LogP contribution in [0.2, 0.25) is 0 Å². The third kappa shape index (κ3) is 7.77. The second-order valence-corrected chi connectivity index (χ2v) is 9.52. The van der Waals surface area contributed by atoms with Gasteiger partial charge in [0.1, 0.15) is 18.4 Å². The number of carbonyl (C=O) groups is 3. The molecule has 198 valence electrons. The molecule has 2 amide bonds. The van der Waals surface area contributed by atoms with E-state index in [1.165, 1.54) is 7.11 Å². The van der Waals surface area contributed by atoms with E-state index in [2.05, 4.69) is 10.6 Å². The molecule has 0 saturated carbocycles. The predicted octanol–water partition coefficient (Wildman–Crippen LogP) is 1.36. The van der Waals surface area contributed by atoms with Gasteiger partial charge in [-0.05, 0) is 42.6 Å². The molecule has 2 fully saturated rings. The average molecular weight is 509 g/mol. The standard InChI is InChI=1S/C28H36N4O5/c1-36-28(35)25(18-21-9-11-23(12-10-21)37-20-22-6-3-2-4-7-22)30-26(33)19-31-14-16-32(17-15-31)27(34)24-8-5-13-29-24/h2-4,6-7,9-12,24-25,29H,5,8,13-20H2,1H3,(H,30,33)/t24-,25-/m0/s1. The Kier molecular flexibility index (Phi) is 9.51. The number of benzene rings is 2. The molecule has 2 aromatic carbocycles. The Bertz CT molecular complexity index is 1030. The maximum absolute atomic E-state index is 12.8. The first-order chi connectivity index (χ1) is 18.0. The first-order valence-electron chi connectivity index (χ1n) is 12.9. The fourth-order valence-corrected chi connectivity index (χ4v) is 4.72. The summed E-state index contributed by atoms with van der Waals surface area (Å²) in [6.45, 7) is 3.99. The van der Waals surface area contributed by atoms with Crippen LogP contribution in [0.4, 0.5) is 0 Å². The van der Waals surface area contributed by atoms with E-state index in [1.807, 2.05) is 64.4 Å². The minimum absolute atomic E-state index is 0.0693. The van der Waals surface area contributed by atoms with Gasteiger partial charge in [-0.25, -0.2) is 4.79 Å². The first kappa shape index (κ1) is 26.6. The Balaban J connectivity index is 1.24. The highest BCUT2D eigenvalue weighted by molar-refractivity contribution is 5.86. The molecule has 9 nitrogen and oxygen atoms in total. The summed E-state index contributed by atoms with van der Waals surface area (Å²) < 4.78 is 10.8. The Morgan fingerprint density at radius 1 is 1.00 bits per heavy atom. The number of esters is 1. The molecule has 2 heterocycles. The predicted molar refractivity (Wildman–Crippen MR) is 139 cm³/mol. The van der Waals surface area contributed by atoms with Gasteiger partial charge >= 0.3 is 5.97 Å². The van der Waals surface area contributed by atoms with Crippen molar-refractivity contribution in [2.24, 2.45) is 0 Å². The van der Waals surface area contributed by atoms with Gasteiger partial charge in [-0.3, -0.25) is 14.5 Å². The molecule has 0 unspecified atom stereocenters. The summed E-state index contributed by atoms with van der Waals surface area (Å²) in [5, 5.41) is 6.08. The zero-order valence-corrected chi connectivity index (χ0v) is 21.4. The summed E-state index contributed by atoms with van der Waals surface area (Å²) in [4.78, 5) is 41.6. The number of amides is 2. The highest BCUT2D eigenvalue weighted by atomic mass is 16.5. The Morgan fingerprint density at radius 3 is 2.38 bits per heavy atom. The third-order valence-electron chi connectivity index (χ3n) is 6.84. The van der Waals surface area contributed by atoms with E-state index in [0.29, 0.717) is 39.2 Å². The number of piperazine rings is 1. The molecule has 0 bridgehead atoms. The topological polar surface area (TPSA) is 100 Å². The van der Waals surface area contributed by atoms with Gasteiger partial charge in [0.05, 0.1) is 19.7 Å². The van der Waals surface area contributed by atoms with Crippen molar-refractivity contribution in [1.29, 1.82) is 0 Å². The molecule has 0 aliphatic carbocycles.